The molecule has 0 radical (unpaired) electrons. The third kappa shape index (κ3) is 2.42. The Morgan fingerprint density at radius 1 is 1.30 bits per heavy atom. The molecule has 4 heteroatoms. The predicted molar refractivity (Wildman–Crippen MR) is 76.6 cm³/mol. The number of aryl methyl sites for hydroxylation is 1. The zero-order valence-electron chi connectivity index (χ0n) is 12.2. The van der Waals surface area contributed by atoms with E-state index in [0.29, 0.717) is 0 Å². The first-order chi connectivity index (χ1) is 9.28. The number of carbonyl (C=O) groups excluding carboxylic acids is 1. The lowest BCUT2D eigenvalue weighted by Gasteiger charge is -2.42. The van der Waals surface area contributed by atoms with Gasteiger partial charge in [-0.1, -0.05) is 36.2 Å². The number of carboxylic acids is 1. The molecule has 0 atom stereocenters. The number of rotatable bonds is 4. The fraction of sp³-hybridized carbons (Fsp3) is 0.500. The monoisotopic (exact) mass is 275 g/mol. The summed E-state index contributed by atoms with van der Waals surface area (Å²) in [6.45, 7) is 5.01. The molecule has 4 nitrogen and oxygen atoms in total. The molecular formula is C16H21NO3. The lowest BCUT2D eigenvalue weighted by molar-refractivity contribution is -0.147. The van der Waals surface area contributed by atoms with Crippen LogP contribution in [0.3, 0.4) is 0 Å². The van der Waals surface area contributed by atoms with Gasteiger partial charge in [-0.3, -0.25) is 4.79 Å². The van der Waals surface area contributed by atoms with Gasteiger partial charge in [-0.15, -0.1) is 0 Å². The fourth-order valence-electron chi connectivity index (χ4n) is 2.58. The minimum Gasteiger partial charge on any atom is -0.480 e. The minimum atomic E-state index is -1.25. The van der Waals surface area contributed by atoms with Gasteiger partial charge in [0, 0.05) is 0 Å². The van der Waals surface area contributed by atoms with Gasteiger partial charge in [-0.25, -0.2) is 4.79 Å². The largest absolute Gasteiger partial charge is 0.480 e. The predicted octanol–water partition coefficient (Wildman–Crippen LogP) is 2.40. The Morgan fingerprint density at radius 3 is 2.40 bits per heavy atom. The van der Waals surface area contributed by atoms with E-state index in [2.05, 4.69) is 5.32 Å². The van der Waals surface area contributed by atoms with Crippen LogP contribution in [0.2, 0.25) is 0 Å². The summed E-state index contributed by atoms with van der Waals surface area (Å²) in [4.78, 5) is 23.8. The number of nitrogens with one attached hydrogen (secondary N) is 1. The molecule has 1 saturated carbocycles. The lowest BCUT2D eigenvalue weighted by atomic mass is 9.63. The molecule has 1 aliphatic carbocycles. The molecular weight excluding hydrogens is 254 g/mol. The maximum atomic E-state index is 12.6. The third-order valence-corrected chi connectivity index (χ3v) is 4.17. The van der Waals surface area contributed by atoms with Crippen molar-refractivity contribution in [2.45, 2.75) is 51.0 Å². The summed E-state index contributed by atoms with van der Waals surface area (Å²) in [5.41, 5.74) is 0.295. The van der Waals surface area contributed by atoms with Crippen molar-refractivity contribution in [3.63, 3.8) is 0 Å². The highest BCUT2D eigenvalue weighted by molar-refractivity contribution is 5.93. The third-order valence-electron chi connectivity index (χ3n) is 4.17. The maximum absolute atomic E-state index is 12.6. The van der Waals surface area contributed by atoms with Crippen molar-refractivity contribution in [1.29, 1.82) is 0 Å². The molecule has 1 aromatic rings. The molecule has 1 amide bonds. The Hall–Kier alpha value is -1.84. The SMILES string of the molecule is Cc1cccc(C2(C(=O)NC(C)(C)C(=O)O)CCC2)c1. The number of carboxylic acid groups (broad SMARTS) is 1. The van der Waals surface area contributed by atoms with E-state index in [1.165, 1.54) is 13.8 Å². The van der Waals surface area contributed by atoms with Crippen molar-refractivity contribution in [3.8, 4) is 0 Å². The van der Waals surface area contributed by atoms with E-state index in [1.54, 1.807) is 0 Å². The van der Waals surface area contributed by atoms with E-state index < -0.39 is 16.9 Å². The summed E-state index contributed by atoms with van der Waals surface area (Å²) in [6.07, 6.45) is 2.55. The molecule has 20 heavy (non-hydrogen) atoms. The van der Waals surface area contributed by atoms with E-state index >= 15 is 0 Å². The Bertz CT molecular complexity index is 544. The average molecular weight is 275 g/mol. The second-order valence-corrected chi connectivity index (χ2v) is 6.19. The van der Waals surface area contributed by atoms with Crippen LogP contribution in [-0.4, -0.2) is 22.5 Å². The molecule has 108 valence electrons. The van der Waals surface area contributed by atoms with Crippen LogP contribution in [0.1, 0.15) is 44.2 Å². The second kappa shape index (κ2) is 4.93. The van der Waals surface area contributed by atoms with E-state index in [-0.39, 0.29) is 5.91 Å². The zero-order valence-corrected chi connectivity index (χ0v) is 12.2. The maximum Gasteiger partial charge on any atom is 0.328 e. The second-order valence-electron chi connectivity index (χ2n) is 6.19. The fourth-order valence-corrected chi connectivity index (χ4v) is 2.58. The van der Waals surface area contributed by atoms with Crippen LogP contribution >= 0.6 is 0 Å². The van der Waals surface area contributed by atoms with Crippen LogP contribution in [0.4, 0.5) is 0 Å². The van der Waals surface area contributed by atoms with Crippen molar-refractivity contribution in [1.82, 2.24) is 5.32 Å². The first kappa shape index (κ1) is 14.6. The highest BCUT2D eigenvalue weighted by Crippen LogP contribution is 2.44. The zero-order chi connectivity index (χ0) is 15.0. The van der Waals surface area contributed by atoms with Gasteiger partial charge in [0.25, 0.3) is 0 Å². The molecule has 2 rings (SSSR count). The van der Waals surface area contributed by atoms with E-state index in [0.717, 1.165) is 30.4 Å². The van der Waals surface area contributed by atoms with Gasteiger partial charge in [-0.05, 0) is 39.2 Å². The average Bonchev–Trinajstić information content (AvgIpc) is 2.26. The normalized spacial score (nSPS) is 17.1. The summed E-state index contributed by atoms with van der Waals surface area (Å²) in [6, 6.07) is 7.92. The Balaban J connectivity index is 2.28. The molecule has 0 bridgehead atoms. The van der Waals surface area contributed by atoms with Crippen molar-refractivity contribution in [2.24, 2.45) is 0 Å². The van der Waals surface area contributed by atoms with E-state index in [9.17, 15) is 9.59 Å². The highest BCUT2D eigenvalue weighted by Gasteiger charge is 2.47. The van der Waals surface area contributed by atoms with Gasteiger partial charge in [-0.2, -0.15) is 0 Å². The Kier molecular flexibility index (Phi) is 3.59. The summed E-state index contributed by atoms with van der Waals surface area (Å²) >= 11 is 0. The van der Waals surface area contributed by atoms with Gasteiger partial charge in [0.1, 0.15) is 5.54 Å². The van der Waals surface area contributed by atoms with Gasteiger partial charge >= 0.3 is 5.97 Å². The summed E-state index contributed by atoms with van der Waals surface area (Å²) in [5, 5.41) is 11.8. The van der Waals surface area contributed by atoms with Gasteiger partial charge in [0.2, 0.25) is 5.91 Å². The molecule has 1 aromatic carbocycles. The molecule has 0 heterocycles. The van der Waals surface area contributed by atoms with Gasteiger partial charge in [0.05, 0.1) is 5.41 Å². The van der Waals surface area contributed by atoms with Crippen LogP contribution in [0.5, 0.6) is 0 Å². The van der Waals surface area contributed by atoms with Crippen molar-refractivity contribution in [2.75, 3.05) is 0 Å². The van der Waals surface area contributed by atoms with Crippen LogP contribution in [0, 0.1) is 6.92 Å². The molecule has 2 N–H and O–H groups in total. The topological polar surface area (TPSA) is 66.4 Å². The van der Waals surface area contributed by atoms with Crippen LogP contribution in [0.25, 0.3) is 0 Å². The van der Waals surface area contributed by atoms with Crippen molar-refractivity contribution >= 4 is 11.9 Å². The van der Waals surface area contributed by atoms with E-state index in [1.807, 2.05) is 31.2 Å². The Labute approximate surface area is 119 Å². The van der Waals surface area contributed by atoms with Crippen molar-refractivity contribution < 1.29 is 14.7 Å². The van der Waals surface area contributed by atoms with Gasteiger partial charge in [0.15, 0.2) is 0 Å². The first-order valence-electron chi connectivity index (χ1n) is 6.91. The first-order valence-corrected chi connectivity index (χ1v) is 6.91. The number of amides is 1. The molecule has 0 aliphatic heterocycles. The molecule has 0 spiro atoms. The Morgan fingerprint density at radius 2 is 1.95 bits per heavy atom. The number of benzene rings is 1. The molecule has 1 aliphatic rings. The van der Waals surface area contributed by atoms with Crippen LogP contribution in [-0.2, 0) is 15.0 Å². The minimum absolute atomic E-state index is 0.179. The summed E-state index contributed by atoms with van der Waals surface area (Å²) in [7, 11) is 0. The van der Waals surface area contributed by atoms with Crippen LogP contribution in [0.15, 0.2) is 24.3 Å². The number of carbonyl (C=O) groups is 2. The molecule has 0 saturated heterocycles. The molecule has 1 fully saturated rings. The van der Waals surface area contributed by atoms with Crippen molar-refractivity contribution in [3.05, 3.63) is 35.4 Å². The number of aliphatic carboxylic acids is 1. The highest BCUT2D eigenvalue weighted by atomic mass is 16.4. The lowest BCUT2D eigenvalue weighted by Crippen LogP contribution is -2.58. The quantitative estimate of drug-likeness (QED) is 0.886. The summed E-state index contributed by atoms with van der Waals surface area (Å²) < 4.78 is 0. The molecule has 0 unspecified atom stereocenters. The molecule has 0 aromatic heterocycles. The number of hydrogen-bond donors (Lipinski definition) is 2. The number of hydrogen-bond acceptors (Lipinski definition) is 2. The van der Waals surface area contributed by atoms with Crippen LogP contribution < -0.4 is 5.32 Å². The summed E-state index contributed by atoms with van der Waals surface area (Å²) in [5.74, 6) is -1.20. The smallest absolute Gasteiger partial charge is 0.328 e. The van der Waals surface area contributed by atoms with Gasteiger partial charge < -0.3 is 10.4 Å². The standard InChI is InChI=1S/C16H21NO3/c1-11-6-4-7-12(10-11)16(8-5-9-16)13(18)17-15(2,3)14(19)20/h4,6-7,10H,5,8-9H2,1-3H3,(H,17,18)(H,19,20). The van der Waals surface area contributed by atoms with E-state index in [4.69, 9.17) is 5.11 Å².